The predicted octanol–water partition coefficient (Wildman–Crippen LogP) is 3.21. The molecule has 0 unspecified atom stereocenters. The lowest BCUT2D eigenvalue weighted by atomic mass is 10.2. The molecule has 0 amide bonds. The lowest BCUT2D eigenvalue weighted by molar-refractivity contribution is 0.247. The summed E-state index contributed by atoms with van der Waals surface area (Å²) < 4.78 is 1.98. The zero-order chi connectivity index (χ0) is 22.6. The Morgan fingerprint density at radius 3 is 2.45 bits per heavy atom. The number of aromatic amines is 1. The summed E-state index contributed by atoms with van der Waals surface area (Å²) in [5, 5.41) is 10.2. The number of fused-ring (bicyclic) bond motifs is 1. The van der Waals surface area contributed by atoms with Gasteiger partial charge in [-0.05, 0) is 18.8 Å². The van der Waals surface area contributed by atoms with Gasteiger partial charge in [0.25, 0.3) is 0 Å². The van der Waals surface area contributed by atoms with E-state index < -0.39 is 0 Å². The molecule has 2 N–H and O–H groups in total. The fraction of sp³-hybridized carbons (Fsp3) is 0.435. The summed E-state index contributed by atoms with van der Waals surface area (Å²) in [7, 11) is 0. The van der Waals surface area contributed by atoms with E-state index in [-0.39, 0.29) is 0 Å². The number of rotatable bonds is 6. The zero-order valence-electron chi connectivity index (χ0n) is 19.1. The van der Waals surface area contributed by atoms with Crippen molar-refractivity contribution in [3.8, 4) is 11.3 Å². The van der Waals surface area contributed by atoms with E-state index in [0.29, 0.717) is 5.82 Å². The molecule has 10 nitrogen and oxygen atoms in total. The highest BCUT2D eigenvalue weighted by molar-refractivity contribution is 5.73. The van der Waals surface area contributed by atoms with Crippen LogP contribution in [0.2, 0.25) is 0 Å². The Hall–Kier alpha value is -3.53. The smallest absolute Gasteiger partial charge is 0.225 e. The molecule has 5 heterocycles. The van der Waals surface area contributed by atoms with Crippen molar-refractivity contribution < 1.29 is 0 Å². The molecule has 0 aromatic carbocycles. The second kappa shape index (κ2) is 9.53. The summed E-state index contributed by atoms with van der Waals surface area (Å²) in [6.07, 6.45) is 15.5. The standard InChI is InChI=1S/C21H24N10.C2H6/c1-2-15(1)14-29-5-7-30(8-6-29)21-24-11-17(12-25-21)28-19-20-22-3-4-31(20)18(13-23-19)16-9-26-27-10-16;1-2/h3-4,9-13,15H,1-2,5-8,14H2,(H,23,28)(H,26,27);1-2H3. The molecule has 4 aromatic rings. The van der Waals surface area contributed by atoms with Crippen LogP contribution >= 0.6 is 0 Å². The molecule has 1 aliphatic carbocycles. The molecule has 33 heavy (non-hydrogen) atoms. The van der Waals surface area contributed by atoms with Crippen molar-refractivity contribution in [1.29, 1.82) is 0 Å². The Balaban J connectivity index is 0.00000111. The van der Waals surface area contributed by atoms with E-state index in [9.17, 15) is 0 Å². The van der Waals surface area contributed by atoms with Gasteiger partial charge in [-0.2, -0.15) is 5.10 Å². The predicted molar refractivity (Wildman–Crippen MR) is 129 cm³/mol. The highest BCUT2D eigenvalue weighted by atomic mass is 15.3. The minimum absolute atomic E-state index is 0.655. The third-order valence-corrected chi connectivity index (χ3v) is 5.99. The van der Waals surface area contributed by atoms with Crippen molar-refractivity contribution in [3.05, 3.63) is 43.4 Å². The van der Waals surface area contributed by atoms with E-state index in [4.69, 9.17) is 0 Å². The number of hydrogen-bond donors (Lipinski definition) is 2. The first-order chi connectivity index (χ1) is 16.3. The third-order valence-electron chi connectivity index (χ3n) is 5.99. The molecule has 0 radical (unpaired) electrons. The van der Waals surface area contributed by atoms with Crippen LogP contribution in [0.25, 0.3) is 16.9 Å². The average Bonchev–Trinajstić information content (AvgIpc) is 3.30. The van der Waals surface area contributed by atoms with Crippen molar-refractivity contribution in [1.82, 2.24) is 39.4 Å². The van der Waals surface area contributed by atoms with Crippen LogP contribution in [0, 0.1) is 5.92 Å². The number of anilines is 3. The van der Waals surface area contributed by atoms with Crippen LogP contribution < -0.4 is 10.2 Å². The van der Waals surface area contributed by atoms with Crippen molar-refractivity contribution in [3.63, 3.8) is 0 Å². The largest absolute Gasteiger partial charge is 0.338 e. The molecule has 6 rings (SSSR count). The summed E-state index contributed by atoms with van der Waals surface area (Å²) in [6, 6.07) is 0. The van der Waals surface area contributed by atoms with Crippen molar-refractivity contribution in [2.45, 2.75) is 26.7 Å². The van der Waals surface area contributed by atoms with Gasteiger partial charge >= 0.3 is 0 Å². The molecule has 1 saturated carbocycles. The van der Waals surface area contributed by atoms with Gasteiger partial charge in [-0.1, -0.05) is 13.8 Å². The second-order valence-electron chi connectivity index (χ2n) is 8.23. The maximum Gasteiger partial charge on any atom is 0.225 e. The van der Waals surface area contributed by atoms with E-state index in [2.05, 4.69) is 45.2 Å². The minimum Gasteiger partial charge on any atom is -0.338 e. The van der Waals surface area contributed by atoms with Crippen LogP contribution in [0.4, 0.5) is 17.5 Å². The number of nitrogens with one attached hydrogen (secondary N) is 2. The van der Waals surface area contributed by atoms with Gasteiger partial charge in [0.15, 0.2) is 11.5 Å². The van der Waals surface area contributed by atoms with Crippen LogP contribution in [0.1, 0.15) is 26.7 Å². The van der Waals surface area contributed by atoms with Crippen molar-refractivity contribution in [2.24, 2.45) is 5.92 Å². The minimum atomic E-state index is 0.655. The van der Waals surface area contributed by atoms with Gasteiger partial charge < -0.3 is 10.2 Å². The second-order valence-corrected chi connectivity index (χ2v) is 8.23. The van der Waals surface area contributed by atoms with E-state index in [1.807, 2.05) is 43.0 Å². The molecule has 0 atom stereocenters. The van der Waals surface area contributed by atoms with E-state index in [1.54, 1.807) is 18.6 Å². The first-order valence-electron chi connectivity index (χ1n) is 11.7. The average molecular weight is 447 g/mol. The summed E-state index contributed by atoms with van der Waals surface area (Å²) in [5.41, 5.74) is 3.38. The summed E-state index contributed by atoms with van der Waals surface area (Å²) in [4.78, 5) is 23.0. The van der Waals surface area contributed by atoms with Gasteiger partial charge in [0.2, 0.25) is 5.95 Å². The summed E-state index contributed by atoms with van der Waals surface area (Å²) in [5.74, 6) is 2.38. The van der Waals surface area contributed by atoms with Crippen molar-refractivity contribution in [2.75, 3.05) is 42.9 Å². The first kappa shape index (κ1) is 21.3. The van der Waals surface area contributed by atoms with Crippen LogP contribution in [-0.4, -0.2) is 72.2 Å². The fourth-order valence-electron chi connectivity index (χ4n) is 4.09. The third kappa shape index (κ3) is 4.65. The Bertz CT molecular complexity index is 1160. The van der Waals surface area contributed by atoms with Crippen LogP contribution in [0.3, 0.4) is 0 Å². The number of imidazole rings is 1. The molecule has 172 valence electrons. The highest BCUT2D eigenvalue weighted by Crippen LogP contribution is 2.30. The summed E-state index contributed by atoms with van der Waals surface area (Å²) in [6.45, 7) is 9.39. The maximum absolute atomic E-state index is 4.59. The molecular weight excluding hydrogens is 416 g/mol. The molecule has 0 spiro atoms. The van der Waals surface area contributed by atoms with Crippen LogP contribution in [0.5, 0.6) is 0 Å². The number of H-pyrrole nitrogens is 1. The van der Waals surface area contributed by atoms with Gasteiger partial charge in [-0.15, -0.1) is 0 Å². The number of nitrogens with zero attached hydrogens (tertiary/aromatic N) is 8. The molecule has 0 bridgehead atoms. The van der Waals surface area contributed by atoms with Gasteiger partial charge in [-0.25, -0.2) is 19.9 Å². The Morgan fingerprint density at radius 1 is 0.970 bits per heavy atom. The van der Waals surface area contributed by atoms with E-state index in [0.717, 1.165) is 60.6 Å². The Labute approximate surface area is 193 Å². The van der Waals surface area contributed by atoms with Crippen LogP contribution in [0.15, 0.2) is 43.4 Å². The Kier molecular flexibility index (Phi) is 6.16. The lowest BCUT2D eigenvalue weighted by Gasteiger charge is -2.34. The molecule has 10 heteroatoms. The highest BCUT2D eigenvalue weighted by Gasteiger charge is 2.26. The molecule has 1 saturated heterocycles. The zero-order valence-corrected chi connectivity index (χ0v) is 19.1. The topological polar surface area (TPSA) is 103 Å². The van der Waals surface area contributed by atoms with E-state index in [1.165, 1.54) is 19.4 Å². The van der Waals surface area contributed by atoms with Gasteiger partial charge in [-0.3, -0.25) is 14.4 Å². The normalized spacial score (nSPS) is 16.5. The van der Waals surface area contributed by atoms with Gasteiger partial charge in [0, 0.05) is 56.9 Å². The maximum atomic E-state index is 4.59. The molecule has 4 aromatic heterocycles. The summed E-state index contributed by atoms with van der Waals surface area (Å²) >= 11 is 0. The lowest BCUT2D eigenvalue weighted by Crippen LogP contribution is -2.47. The molecule has 2 aliphatic rings. The fourth-order valence-corrected chi connectivity index (χ4v) is 4.09. The van der Waals surface area contributed by atoms with Crippen LogP contribution in [-0.2, 0) is 0 Å². The molecule has 1 aliphatic heterocycles. The Morgan fingerprint density at radius 2 is 1.76 bits per heavy atom. The van der Waals surface area contributed by atoms with E-state index >= 15 is 0 Å². The molecule has 2 fully saturated rings. The van der Waals surface area contributed by atoms with Crippen molar-refractivity contribution >= 4 is 23.1 Å². The number of hydrogen-bond acceptors (Lipinski definition) is 8. The number of piperazine rings is 1. The number of aromatic nitrogens is 7. The van der Waals surface area contributed by atoms with Gasteiger partial charge in [0.05, 0.1) is 36.2 Å². The first-order valence-corrected chi connectivity index (χ1v) is 11.7. The van der Waals surface area contributed by atoms with Gasteiger partial charge in [0.1, 0.15) is 0 Å². The molecular formula is C23H30N10. The quantitative estimate of drug-likeness (QED) is 0.465. The SMILES string of the molecule is CC.c1cn2c(-c3cn[nH]c3)cnc(Nc3cnc(N4CCN(CC5CC5)CC4)nc3)c2n1. The monoisotopic (exact) mass is 446 g/mol.